The Morgan fingerprint density at radius 3 is 2.26 bits per heavy atom. The number of carboxylic acid groups (broad SMARTS) is 1. The number of epoxide rings is 1. The van der Waals surface area contributed by atoms with E-state index in [1.54, 1.807) is 76.2 Å². The molecule has 0 radical (unpaired) electrons. The van der Waals surface area contributed by atoms with Crippen LogP contribution in [0.15, 0.2) is 90.5 Å². The number of carboxylic acids is 1. The number of amides is 8. The van der Waals surface area contributed by atoms with Crippen molar-refractivity contribution in [1.82, 2.24) is 35.6 Å². The molecule has 7 rings (SSSR count). The van der Waals surface area contributed by atoms with Gasteiger partial charge in [0.2, 0.25) is 23.6 Å². The Kier molecular flexibility index (Phi) is 34.0. The number of hydrogen-bond donors (Lipinski definition) is 8. The lowest BCUT2D eigenvalue weighted by molar-refractivity contribution is -0.158. The molecule has 4 heterocycles. The van der Waals surface area contributed by atoms with Gasteiger partial charge in [-0.3, -0.25) is 43.8 Å². The smallest absolute Gasteiger partial charge is 0.410 e. The number of primary amides is 1. The Morgan fingerprint density at radius 2 is 1.58 bits per heavy atom. The van der Waals surface area contributed by atoms with Crippen LogP contribution < -0.4 is 42.0 Å². The number of carbonyl (C=O) groups is 11. The lowest BCUT2D eigenvalue weighted by atomic mass is 9.83. The Labute approximate surface area is 658 Å². The van der Waals surface area contributed by atoms with E-state index in [9.17, 15) is 63.0 Å². The van der Waals surface area contributed by atoms with Gasteiger partial charge in [0, 0.05) is 121 Å². The minimum Gasteiger partial charge on any atom is -0.495 e. The number of hydrogen-bond acceptors (Lipinski definition) is 21. The number of ketones is 2. The Bertz CT molecular complexity index is 4020. The van der Waals surface area contributed by atoms with Crippen molar-refractivity contribution in [3.63, 3.8) is 0 Å². The van der Waals surface area contributed by atoms with Crippen molar-refractivity contribution in [3.05, 3.63) is 112 Å². The number of allylic oxidation sites excluding steroid dienone is 3. The number of benzene rings is 3. The van der Waals surface area contributed by atoms with Crippen LogP contribution in [0.2, 0.25) is 5.02 Å². The average molecular weight is 1580 g/mol. The first kappa shape index (κ1) is 89.7. The number of aryl methyl sites for hydroxylation is 1. The maximum atomic E-state index is 14.5. The lowest BCUT2D eigenvalue weighted by Gasteiger charge is -2.42. The van der Waals surface area contributed by atoms with Crippen molar-refractivity contribution in [1.29, 1.82) is 0 Å². The number of methoxy groups -OCH3 is 2. The summed E-state index contributed by atoms with van der Waals surface area (Å²) in [5.41, 5.74) is 6.78. The number of Topliss-reactive ketones (excluding diaryl/α,β-unsaturated/α-hetero) is 2. The van der Waals surface area contributed by atoms with Crippen molar-refractivity contribution in [2.75, 3.05) is 91.6 Å². The van der Waals surface area contributed by atoms with Crippen molar-refractivity contribution < 1.29 is 101 Å². The Morgan fingerprint density at radius 1 is 0.875 bits per heavy atom. The molecule has 32 heteroatoms. The van der Waals surface area contributed by atoms with E-state index in [1.165, 1.54) is 40.1 Å². The summed E-state index contributed by atoms with van der Waals surface area (Å²) in [7, 11) is 7.72. The number of para-hydroxylation sites is 1. The topological polar surface area (TPSA) is 406 Å². The Balaban J connectivity index is 0.879. The summed E-state index contributed by atoms with van der Waals surface area (Å²) in [5, 5.41) is 35.9. The first-order chi connectivity index (χ1) is 53.2. The summed E-state index contributed by atoms with van der Waals surface area (Å²) in [6.45, 7) is 14.4. The molecule has 11 atom stereocenters. The molecule has 2 saturated heterocycles. The van der Waals surface area contributed by atoms with E-state index < -0.39 is 132 Å². The van der Waals surface area contributed by atoms with Gasteiger partial charge in [-0.05, 0) is 119 Å². The fourth-order valence-electron chi connectivity index (χ4n) is 13.6. The number of nitrogens with zero attached hydrogens (tertiary/aromatic N) is 4. The normalized spacial score (nSPS) is 21.6. The lowest BCUT2D eigenvalue weighted by Crippen LogP contribution is -2.63. The molecule has 3 aliphatic rings. The maximum absolute atomic E-state index is 14.5. The van der Waals surface area contributed by atoms with E-state index in [2.05, 4.69) is 49.0 Å². The minimum absolute atomic E-state index is 0.0103. The van der Waals surface area contributed by atoms with Crippen LogP contribution in [0, 0.1) is 23.7 Å². The molecule has 4 aromatic rings. The highest BCUT2D eigenvalue weighted by Gasteiger charge is 2.64. The van der Waals surface area contributed by atoms with E-state index in [1.807, 2.05) is 44.3 Å². The summed E-state index contributed by atoms with van der Waals surface area (Å²) in [5.74, 6) is -7.07. The van der Waals surface area contributed by atoms with Crippen LogP contribution in [0.3, 0.4) is 0 Å². The molecular weight excluding hydrogens is 1470 g/mol. The average Bonchev–Trinajstić information content (AvgIpc) is 1.57. The molecule has 0 saturated carbocycles. The second kappa shape index (κ2) is 42.4. The van der Waals surface area contributed by atoms with Gasteiger partial charge in [0.05, 0.1) is 57.8 Å². The van der Waals surface area contributed by atoms with Crippen molar-refractivity contribution in [2.24, 2.45) is 29.4 Å². The van der Waals surface area contributed by atoms with Crippen LogP contribution in [-0.4, -0.2) is 219 Å². The molecule has 0 unspecified atom stereocenters. The second-order valence-corrected chi connectivity index (χ2v) is 29.8. The number of fused-ring (bicyclic) bond motifs is 6. The number of esters is 1. The zero-order chi connectivity index (χ0) is 82.1. The number of carbonyl (C=O) groups excluding carboxylic acids is 10. The highest BCUT2D eigenvalue weighted by atomic mass is 35.5. The third-order valence-corrected chi connectivity index (χ3v) is 21.0. The van der Waals surface area contributed by atoms with Crippen molar-refractivity contribution >= 4 is 99.2 Å². The van der Waals surface area contributed by atoms with E-state index in [0.717, 1.165) is 39.2 Å². The molecule has 3 aromatic carbocycles. The van der Waals surface area contributed by atoms with E-state index in [0.29, 0.717) is 42.2 Å². The highest BCUT2D eigenvalue weighted by molar-refractivity contribution is 6.35. The van der Waals surface area contributed by atoms with E-state index in [-0.39, 0.29) is 121 Å². The van der Waals surface area contributed by atoms with Gasteiger partial charge >= 0.3 is 30.2 Å². The minimum atomic E-state index is -1.92. The summed E-state index contributed by atoms with van der Waals surface area (Å²) in [4.78, 5) is 151. The van der Waals surface area contributed by atoms with Gasteiger partial charge < -0.3 is 89.5 Å². The Hall–Kier alpha value is -9.50. The largest absolute Gasteiger partial charge is 0.495 e. The number of aliphatic carboxylic acids is 1. The maximum Gasteiger partial charge on any atom is 0.410 e. The van der Waals surface area contributed by atoms with Crippen molar-refractivity contribution in [2.45, 2.75) is 187 Å². The SMILES string of the molecule is CCN(C)Cc1cc2ccccc2n1CCC(=O)C[C@@H](CCC(=O)O)C(=O)NCCOCCOCCC(=O)N[C@H](C(=O)C[C@@H](CCCNC(N)=O)C(=O)Nc1ccc(COC(=O)N(C)[C@@H](C)C(=O)O[C@H]2CC(=O)N(C)c3cc(cc(OC)c3Cl)C/C(C)=C/C=C/[C@@H](OC)[C@@]3(O)C[C@H](OC(=O)N3)[C@@H](C)[C@@H]3O[C@]23C)cc1)C(C)C. The molecule has 4 bridgehead atoms. The number of aliphatic hydroxyl groups is 1. The molecule has 9 N–H and O–H groups in total. The molecule has 0 spiro atoms. The summed E-state index contributed by atoms with van der Waals surface area (Å²) < 4.78 is 48.6. The first-order valence-electron chi connectivity index (χ1n) is 37.9. The fraction of sp³-hybridized carbons (Fsp3) is 0.562. The number of aromatic nitrogens is 1. The predicted molar refractivity (Wildman–Crippen MR) is 416 cm³/mol. The van der Waals surface area contributed by atoms with Crippen LogP contribution in [0.1, 0.15) is 129 Å². The number of urea groups is 1. The van der Waals surface area contributed by atoms with Crippen LogP contribution in [0.4, 0.5) is 25.8 Å². The summed E-state index contributed by atoms with van der Waals surface area (Å²) >= 11 is 6.86. The van der Waals surface area contributed by atoms with Gasteiger partial charge in [0.1, 0.15) is 53.1 Å². The standard InChI is InChI=1S/C80H111ClN10O21/c1-13-88(8)46-58-41-54-19-14-15-21-60(54)91(58)33-29-59(92)42-56(25-28-69(96)97)73(98)83-32-35-108-37-36-107-34-30-67(94)86-71(48(2)3)62(93)43-55(20-17-31-84-76(82)101)74(99)85-57-26-23-52(24-27-57)47-109-78(103)89(9)51(6)75(100)111-66-44-68(95)90(10)61-39-53(40-63(105-11)70(61)81)38-49(4)18-16-22-65(106-12)80(104)45-64(110-77(102)87-80)50(5)72-79(66,7)112-72/h14-16,18-19,21-24,26-27,39-41,48,50-51,55-56,64-66,71-72,104H,13,17,20,25,28-38,42-47H2,1-12H3,(H,83,98)(H,85,99)(H,86,94)(H,87,102)(H,96,97)(H3,82,84,101)/b22-16+,49-18+/t50-,51+,55-,56-,64+,65-,66+,71+,72+,79-,80+/m1/s1. The van der Waals surface area contributed by atoms with Crippen LogP contribution in [0.25, 0.3) is 10.9 Å². The number of alkyl carbamates (subject to hydrolysis) is 1. The molecule has 31 nitrogen and oxygen atoms in total. The number of ether oxygens (including phenoxy) is 8. The molecule has 2 fully saturated rings. The predicted octanol–water partition coefficient (Wildman–Crippen LogP) is 7.90. The number of nitrogens with one attached hydrogen (secondary N) is 5. The molecule has 8 amide bonds. The third kappa shape index (κ3) is 25.8. The second-order valence-electron chi connectivity index (χ2n) is 29.4. The van der Waals surface area contributed by atoms with Crippen molar-refractivity contribution in [3.8, 4) is 5.75 Å². The molecule has 0 aliphatic carbocycles. The van der Waals surface area contributed by atoms with Crippen LogP contribution >= 0.6 is 11.6 Å². The van der Waals surface area contributed by atoms with Gasteiger partial charge in [-0.15, -0.1) is 0 Å². The number of anilines is 2. The molecule has 614 valence electrons. The number of likely N-dealkylation sites (N-methyl/N-ethyl adjacent to an activating group) is 1. The number of rotatable bonds is 39. The summed E-state index contributed by atoms with van der Waals surface area (Å²) in [6, 6.07) is 16.8. The highest BCUT2D eigenvalue weighted by Crippen LogP contribution is 2.49. The van der Waals surface area contributed by atoms with E-state index >= 15 is 0 Å². The first-order valence-corrected chi connectivity index (χ1v) is 38.2. The van der Waals surface area contributed by atoms with Crippen LogP contribution in [0.5, 0.6) is 5.75 Å². The van der Waals surface area contributed by atoms with Gasteiger partial charge in [-0.1, -0.05) is 93.4 Å². The summed E-state index contributed by atoms with van der Waals surface area (Å²) in [6.07, 6.45) is -1.18. The van der Waals surface area contributed by atoms with Gasteiger partial charge in [0.15, 0.2) is 11.5 Å². The van der Waals surface area contributed by atoms with Crippen LogP contribution in [-0.2, 0) is 97.6 Å². The van der Waals surface area contributed by atoms with Gasteiger partial charge in [-0.2, -0.15) is 0 Å². The molecule has 112 heavy (non-hydrogen) atoms. The molecule has 3 aliphatic heterocycles. The number of nitrogens with two attached hydrogens (primary N) is 1. The number of halogens is 1. The molecule has 1 aromatic heterocycles. The van der Waals surface area contributed by atoms with Gasteiger partial charge in [-0.25, -0.2) is 19.2 Å². The van der Waals surface area contributed by atoms with Gasteiger partial charge in [0.25, 0.3) is 0 Å². The molecular formula is C80H111ClN10O21. The fourth-order valence-corrected chi connectivity index (χ4v) is 13.9. The quantitative estimate of drug-likeness (QED) is 0.00910. The monoisotopic (exact) mass is 1580 g/mol. The van der Waals surface area contributed by atoms with E-state index in [4.69, 9.17) is 55.2 Å². The zero-order valence-corrected chi connectivity index (χ0v) is 66.9. The third-order valence-electron chi connectivity index (χ3n) is 20.6. The zero-order valence-electron chi connectivity index (χ0n) is 66.1.